The first-order chi connectivity index (χ1) is 15.2. The van der Waals surface area contributed by atoms with Gasteiger partial charge in [-0.1, -0.05) is 0 Å². The van der Waals surface area contributed by atoms with E-state index in [0.717, 1.165) is 32.3 Å². The highest BCUT2D eigenvalue weighted by Gasteiger charge is 2.28. The van der Waals surface area contributed by atoms with E-state index in [1.54, 1.807) is 12.3 Å². The summed E-state index contributed by atoms with van der Waals surface area (Å²) in [6.45, 7) is 3.16. The lowest BCUT2D eigenvalue weighted by Gasteiger charge is -2.22. The van der Waals surface area contributed by atoms with Gasteiger partial charge in [0.2, 0.25) is 5.82 Å². The third kappa shape index (κ3) is 4.64. The zero-order valence-electron chi connectivity index (χ0n) is 17.9. The van der Waals surface area contributed by atoms with Gasteiger partial charge in [-0.25, -0.2) is 19.7 Å². The fourth-order valence-corrected chi connectivity index (χ4v) is 3.32. The molecule has 4 rings (SSSR count). The van der Waals surface area contributed by atoms with Crippen LogP contribution in [0.5, 0.6) is 0 Å². The summed E-state index contributed by atoms with van der Waals surface area (Å²) >= 11 is 0. The molecule has 12 heteroatoms. The van der Waals surface area contributed by atoms with Crippen LogP contribution in [-0.2, 0) is 19.0 Å². The summed E-state index contributed by atoms with van der Waals surface area (Å²) < 4.78 is 29.3. The monoisotopic (exact) mass is 443 g/mol. The molecule has 0 bridgehead atoms. The average Bonchev–Trinajstić information content (AvgIpc) is 3.16. The van der Waals surface area contributed by atoms with Crippen LogP contribution < -0.4 is 16.0 Å². The van der Waals surface area contributed by atoms with Crippen molar-refractivity contribution in [3.05, 3.63) is 42.1 Å². The maximum absolute atomic E-state index is 13.7. The SMILES string of the molecule is CNC(=O)Nc1cc(Nc2ccnc(C(C)(F)F)n2)c(-c2cc3n(n2)CCN(C)C3)cn1. The van der Waals surface area contributed by atoms with Crippen molar-refractivity contribution in [2.75, 3.05) is 31.3 Å². The van der Waals surface area contributed by atoms with Crippen LogP contribution in [0, 0.1) is 0 Å². The molecule has 10 nitrogen and oxygen atoms in total. The Kier molecular flexibility index (Phi) is 5.70. The molecule has 0 radical (unpaired) electrons. The Labute approximate surface area is 183 Å². The van der Waals surface area contributed by atoms with Crippen LogP contribution in [0.25, 0.3) is 11.3 Å². The van der Waals surface area contributed by atoms with Gasteiger partial charge in [-0.2, -0.15) is 13.9 Å². The van der Waals surface area contributed by atoms with E-state index >= 15 is 0 Å². The number of nitrogens with one attached hydrogen (secondary N) is 3. The standard InChI is InChI=1S/C20H23F2N9O/c1-20(21,22)18-24-5-4-16(27-18)26-14-9-17(28-19(32)23-2)25-10-13(14)15-8-12-11-30(3)6-7-31(12)29-15/h4-5,8-10H,6-7,11H2,1-3H3,(H3,23,24,25,26,27,28,32). The van der Waals surface area contributed by atoms with Crippen molar-refractivity contribution in [2.24, 2.45) is 0 Å². The first kappa shape index (κ1) is 21.6. The lowest BCUT2D eigenvalue weighted by atomic mass is 10.1. The van der Waals surface area contributed by atoms with Gasteiger partial charge in [-0.3, -0.25) is 14.9 Å². The minimum Gasteiger partial charge on any atom is -0.341 e. The first-order valence-corrected chi connectivity index (χ1v) is 9.95. The Balaban J connectivity index is 1.73. The zero-order valence-corrected chi connectivity index (χ0v) is 17.9. The highest BCUT2D eigenvalue weighted by molar-refractivity contribution is 5.90. The number of carbonyl (C=O) groups is 1. The molecule has 168 valence electrons. The molecule has 3 aromatic heterocycles. The zero-order chi connectivity index (χ0) is 22.9. The van der Waals surface area contributed by atoms with E-state index in [9.17, 15) is 13.6 Å². The van der Waals surface area contributed by atoms with E-state index in [1.807, 2.05) is 17.8 Å². The van der Waals surface area contributed by atoms with Crippen LogP contribution >= 0.6 is 0 Å². The topological polar surface area (TPSA) is 113 Å². The van der Waals surface area contributed by atoms with E-state index in [4.69, 9.17) is 0 Å². The number of pyridine rings is 1. The first-order valence-electron chi connectivity index (χ1n) is 9.95. The number of likely N-dealkylation sites (N-methyl/N-ethyl adjacent to an activating group) is 1. The number of fused-ring (bicyclic) bond motifs is 1. The predicted octanol–water partition coefficient (Wildman–Crippen LogP) is 2.79. The van der Waals surface area contributed by atoms with Gasteiger partial charge in [-0.15, -0.1) is 0 Å². The number of carbonyl (C=O) groups excluding carboxylic acids is 1. The van der Waals surface area contributed by atoms with E-state index < -0.39 is 17.8 Å². The highest BCUT2D eigenvalue weighted by Crippen LogP contribution is 2.32. The molecule has 1 aliphatic rings. The van der Waals surface area contributed by atoms with Crippen molar-refractivity contribution in [3.63, 3.8) is 0 Å². The van der Waals surface area contributed by atoms with Gasteiger partial charge in [-0.05, 0) is 19.2 Å². The van der Waals surface area contributed by atoms with Gasteiger partial charge in [0.05, 0.1) is 23.6 Å². The molecule has 0 aliphatic carbocycles. The molecule has 32 heavy (non-hydrogen) atoms. The normalized spacial score (nSPS) is 14.0. The predicted molar refractivity (Wildman–Crippen MR) is 115 cm³/mol. The van der Waals surface area contributed by atoms with Crippen LogP contribution in [0.2, 0.25) is 0 Å². The number of rotatable bonds is 5. The Bertz CT molecular complexity index is 1140. The summed E-state index contributed by atoms with van der Waals surface area (Å²) in [5.74, 6) is -3.32. The van der Waals surface area contributed by atoms with Gasteiger partial charge in [0.15, 0.2) is 0 Å². The Morgan fingerprint density at radius 2 is 2.00 bits per heavy atom. The second-order valence-corrected chi connectivity index (χ2v) is 7.58. The lowest BCUT2D eigenvalue weighted by Crippen LogP contribution is -2.30. The van der Waals surface area contributed by atoms with Gasteiger partial charge in [0.25, 0.3) is 0 Å². The molecule has 0 atom stereocenters. The molecule has 3 aromatic rings. The Hall–Kier alpha value is -3.67. The smallest absolute Gasteiger partial charge is 0.320 e. The van der Waals surface area contributed by atoms with Crippen LogP contribution in [0.3, 0.4) is 0 Å². The van der Waals surface area contributed by atoms with Crippen molar-refractivity contribution in [1.29, 1.82) is 0 Å². The fraction of sp³-hybridized carbons (Fsp3) is 0.350. The van der Waals surface area contributed by atoms with E-state index in [2.05, 4.69) is 40.9 Å². The third-order valence-corrected chi connectivity index (χ3v) is 4.95. The van der Waals surface area contributed by atoms with Crippen LogP contribution in [0.1, 0.15) is 18.4 Å². The average molecular weight is 443 g/mol. The van der Waals surface area contributed by atoms with Crippen molar-refractivity contribution < 1.29 is 13.6 Å². The summed E-state index contributed by atoms with van der Waals surface area (Å²) in [5.41, 5.74) is 2.87. The second-order valence-electron chi connectivity index (χ2n) is 7.58. The number of aromatic nitrogens is 5. The van der Waals surface area contributed by atoms with E-state index in [0.29, 0.717) is 16.9 Å². The Morgan fingerprint density at radius 1 is 1.19 bits per heavy atom. The molecular formula is C20H23F2N9O. The molecule has 0 spiro atoms. The summed E-state index contributed by atoms with van der Waals surface area (Å²) in [6, 6.07) is 4.61. The maximum atomic E-state index is 13.7. The molecule has 4 heterocycles. The molecule has 3 N–H and O–H groups in total. The number of nitrogens with zero attached hydrogens (tertiary/aromatic N) is 6. The maximum Gasteiger partial charge on any atom is 0.320 e. The number of hydrogen-bond acceptors (Lipinski definition) is 7. The summed E-state index contributed by atoms with van der Waals surface area (Å²) in [4.78, 5) is 25.8. The molecule has 0 saturated heterocycles. The molecule has 0 unspecified atom stereocenters. The molecule has 0 fully saturated rings. The minimum absolute atomic E-state index is 0.179. The van der Waals surface area contributed by atoms with Crippen molar-refractivity contribution in [1.82, 2.24) is 34.9 Å². The number of amides is 2. The molecule has 2 amide bonds. The highest BCUT2D eigenvalue weighted by atomic mass is 19.3. The minimum atomic E-state index is -3.18. The summed E-state index contributed by atoms with van der Waals surface area (Å²) in [5, 5.41) is 12.8. The van der Waals surface area contributed by atoms with E-state index in [-0.39, 0.29) is 11.6 Å². The van der Waals surface area contributed by atoms with Crippen LogP contribution in [0.15, 0.2) is 30.6 Å². The van der Waals surface area contributed by atoms with Gasteiger partial charge < -0.3 is 10.6 Å². The largest absolute Gasteiger partial charge is 0.341 e. The number of urea groups is 1. The number of alkyl halides is 2. The molecule has 0 aromatic carbocycles. The quantitative estimate of drug-likeness (QED) is 0.556. The summed E-state index contributed by atoms with van der Waals surface area (Å²) in [7, 11) is 3.53. The van der Waals surface area contributed by atoms with E-state index in [1.165, 1.54) is 19.3 Å². The van der Waals surface area contributed by atoms with Crippen molar-refractivity contribution in [3.8, 4) is 11.3 Å². The van der Waals surface area contributed by atoms with Crippen molar-refractivity contribution in [2.45, 2.75) is 25.9 Å². The molecular weight excluding hydrogens is 420 g/mol. The number of halogens is 2. The van der Waals surface area contributed by atoms with Gasteiger partial charge >= 0.3 is 12.0 Å². The summed E-state index contributed by atoms with van der Waals surface area (Å²) in [6.07, 6.45) is 2.83. The van der Waals surface area contributed by atoms with Gasteiger partial charge in [0, 0.05) is 51.1 Å². The Morgan fingerprint density at radius 3 is 2.75 bits per heavy atom. The van der Waals surface area contributed by atoms with Crippen LogP contribution in [-0.4, -0.2) is 56.3 Å². The lowest BCUT2D eigenvalue weighted by molar-refractivity contribution is 0.00782. The molecule has 1 aliphatic heterocycles. The third-order valence-electron chi connectivity index (χ3n) is 4.95. The number of hydrogen-bond donors (Lipinski definition) is 3. The van der Waals surface area contributed by atoms with Crippen LogP contribution in [0.4, 0.5) is 30.9 Å². The second kappa shape index (κ2) is 8.46. The van der Waals surface area contributed by atoms with Crippen molar-refractivity contribution >= 4 is 23.4 Å². The number of anilines is 3. The molecule has 0 saturated carbocycles. The van der Waals surface area contributed by atoms with Gasteiger partial charge in [0.1, 0.15) is 11.6 Å². The fourth-order valence-electron chi connectivity index (χ4n) is 3.32.